The second-order valence-electron chi connectivity index (χ2n) is 6.41. The normalized spacial score (nSPS) is 10.5. The van der Waals surface area contributed by atoms with E-state index in [0.29, 0.717) is 15.0 Å². The summed E-state index contributed by atoms with van der Waals surface area (Å²) in [4.78, 5) is 24.4. The van der Waals surface area contributed by atoms with E-state index in [1.165, 1.54) is 23.1 Å². The van der Waals surface area contributed by atoms with Gasteiger partial charge < -0.3 is 5.32 Å². The van der Waals surface area contributed by atoms with Crippen LogP contribution in [0.4, 0.5) is 10.8 Å². The maximum Gasteiger partial charge on any atom is 0.257 e. The first-order valence-electron chi connectivity index (χ1n) is 8.61. The standard InChI is InChI=1S/C20H20N4O2S2/c1-12-5-4-6-15(8-12)18(26)22-19-23-24-20(28-19)27-11-17(25)21-16-9-13(2)7-14(3)10-16/h4-10H,11H2,1-3H3,(H,21,25)(H,22,23,26). The average molecular weight is 413 g/mol. The van der Waals surface area contributed by atoms with E-state index in [4.69, 9.17) is 0 Å². The molecular formula is C20H20N4O2S2. The molecule has 0 aliphatic heterocycles. The van der Waals surface area contributed by atoms with Gasteiger partial charge in [-0.05, 0) is 56.2 Å². The number of benzene rings is 2. The number of anilines is 2. The highest BCUT2D eigenvalue weighted by atomic mass is 32.2. The van der Waals surface area contributed by atoms with Gasteiger partial charge in [-0.15, -0.1) is 10.2 Å². The second kappa shape index (κ2) is 8.99. The number of aromatic nitrogens is 2. The van der Waals surface area contributed by atoms with Crippen LogP contribution in [0.3, 0.4) is 0 Å². The summed E-state index contributed by atoms with van der Waals surface area (Å²) in [5.74, 6) is -0.132. The predicted octanol–water partition coefficient (Wildman–Crippen LogP) is 4.45. The first-order valence-corrected chi connectivity index (χ1v) is 10.4. The van der Waals surface area contributed by atoms with Gasteiger partial charge in [0.15, 0.2) is 4.34 Å². The second-order valence-corrected chi connectivity index (χ2v) is 8.61. The molecule has 0 bridgehead atoms. The minimum absolute atomic E-state index is 0.115. The van der Waals surface area contributed by atoms with E-state index in [9.17, 15) is 9.59 Å². The highest BCUT2D eigenvalue weighted by Gasteiger charge is 2.12. The lowest BCUT2D eigenvalue weighted by molar-refractivity contribution is -0.113. The Morgan fingerprint density at radius 2 is 1.71 bits per heavy atom. The number of amides is 2. The number of carbonyl (C=O) groups is 2. The molecule has 0 saturated heterocycles. The molecule has 2 amide bonds. The van der Waals surface area contributed by atoms with E-state index in [1.807, 2.05) is 51.1 Å². The van der Waals surface area contributed by atoms with Crippen LogP contribution in [0, 0.1) is 20.8 Å². The number of nitrogens with one attached hydrogen (secondary N) is 2. The summed E-state index contributed by atoms with van der Waals surface area (Å²) in [7, 11) is 0. The minimum atomic E-state index is -0.232. The van der Waals surface area contributed by atoms with E-state index < -0.39 is 0 Å². The Morgan fingerprint density at radius 1 is 0.964 bits per heavy atom. The van der Waals surface area contributed by atoms with Crippen molar-refractivity contribution < 1.29 is 9.59 Å². The van der Waals surface area contributed by atoms with Crippen molar-refractivity contribution in [1.82, 2.24) is 10.2 Å². The zero-order chi connectivity index (χ0) is 20.1. The highest BCUT2D eigenvalue weighted by molar-refractivity contribution is 8.01. The summed E-state index contributed by atoms with van der Waals surface area (Å²) in [6.07, 6.45) is 0. The van der Waals surface area contributed by atoms with Crippen LogP contribution in [0.25, 0.3) is 0 Å². The molecule has 0 saturated carbocycles. The Labute approximate surface area is 171 Å². The van der Waals surface area contributed by atoms with Gasteiger partial charge >= 0.3 is 0 Å². The van der Waals surface area contributed by atoms with Crippen LogP contribution in [0.5, 0.6) is 0 Å². The summed E-state index contributed by atoms with van der Waals surface area (Å²) >= 11 is 2.53. The molecule has 2 N–H and O–H groups in total. The molecule has 0 spiro atoms. The largest absolute Gasteiger partial charge is 0.325 e. The molecule has 3 rings (SSSR count). The molecule has 0 unspecified atom stereocenters. The van der Waals surface area contributed by atoms with Crippen LogP contribution in [0.15, 0.2) is 46.8 Å². The molecule has 0 atom stereocenters. The van der Waals surface area contributed by atoms with Gasteiger partial charge in [-0.3, -0.25) is 14.9 Å². The SMILES string of the molecule is Cc1cc(C)cc(NC(=O)CSc2nnc(NC(=O)c3cccc(C)c3)s2)c1. The van der Waals surface area contributed by atoms with E-state index >= 15 is 0 Å². The molecule has 28 heavy (non-hydrogen) atoms. The van der Waals surface area contributed by atoms with Gasteiger partial charge in [-0.2, -0.15) is 0 Å². The number of thioether (sulfide) groups is 1. The van der Waals surface area contributed by atoms with Crippen LogP contribution in [-0.2, 0) is 4.79 Å². The molecule has 2 aromatic carbocycles. The van der Waals surface area contributed by atoms with Crippen molar-refractivity contribution in [1.29, 1.82) is 0 Å². The Kier molecular flexibility index (Phi) is 6.43. The van der Waals surface area contributed by atoms with Crippen LogP contribution in [0.2, 0.25) is 0 Å². The number of rotatable bonds is 6. The van der Waals surface area contributed by atoms with Gasteiger partial charge in [0.05, 0.1) is 5.75 Å². The third kappa shape index (κ3) is 5.64. The van der Waals surface area contributed by atoms with Gasteiger partial charge in [0, 0.05) is 11.3 Å². The lowest BCUT2D eigenvalue weighted by Crippen LogP contribution is -2.14. The maximum atomic E-state index is 12.3. The molecule has 0 aliphatic carbocycles. The van der Waals surface area contributed by atoms with E-state index in [0.717, 1.165) is 22.4 Å². The number of hydrogen-bond acceptors (Lipinski definition) is 6. The summed E-state index contributed by atoms with van der Waals surface area (Å²) < 4.78 is 0.620. The van der Waals surface area contributed by atoms with Crippen molar-refractivity contribution in [2.75, 3.05) is 16.4 Å². The van der Waals surface area contributed by atoms with Gasteiger partial charge in [-0.1, -0.05) is 46.9 Å². The van der Waals surface area contributed by atoms with Crippen molar-refractivity contribution in [3.05, 3.63) is 64.7 Å². The van der Waals surface area contributed by atoms with Crippen LogP contribution in [-0.4, -0.2) is 27.8 Å². The van der Waals surface area contributed by atoms with Gasteiger partial charge in [-0.25, -0.2) is 0 Å². The molecule has 6 nitrogen and oxygen atoms in total. The Balaban J connectivity index is 1.53. The Hall–Kier alpha value is -2.71. The molecule has 1 heterocycles. The van der Waals surface area contributed by atoms with Gasteiger partial charge in [0.2, 0.25) is 11.0 Å². The minimum Gasteiger partial charge on any atom is -0.325 e. The first kappa shape index (κ1) is 20.0. The monoisotopic (exact) mass is 412 g/mol. The van der Waals surface area contributed by atoms with Crippen LogP contribution in [0.1, 0.15) is 27.0 Å². The zero-order valence-electron chi connectivity index (χ0n) is 15.8. The molecule has 8 heteroatoms. The van der Waals surface area contributed by atoms with Crippen molar-refractivity contribution in [3.63, 3.8) is 0 Å². The number of aryl methyl sites for hydroxylation is 3. The molecule has 1 aromatic heterocycles. The van der Waals surface area contributed by atoms with Gasteiger partial charge in [0.25, 0.3) is 5.91 Å². The Morgan fingerprint density at radius 3 is 2.43 bits per heavy atom. The summed E-state index contributed by atoms with van der Waals surface area (Å²) in [6.45, 7) is 5.91. The summed E-state index contributed by atoms with van der Waals surface area (Å²) in [5.41, 5.74) is 4.56. The van der Waals surface area contributed by atoms with E-state index in [-0.39, 0.29) is 17.6 Å². The fourth-order valence-corrected chi connectivity index (χ4v) is 4.19. The smallest absolute Gasteiger partial charge is 0.257 e. The quantitative estimate of drug-likeness (QED) is 0.462. The molecule has 144 valence electrons. The third-order valence-electron chi connectivity index (χ3n) is 3.74. The lowest BCUT2D eigenvalue weighted by Gasteiger charge is -2.06. The van der Waals surface area contributed by atoms with E-state index in [2.05, 4.69) is 26.9 Å². The molecule has 0 aliphatic rings. The summed E-state index contributed by atoms with van der Waals surface area (Å²) in [6, 6.07) is 13.2. The summed E-state index contributed by atoms with van der Waals surface area (Å²) in [5, 5.41) is 14.0. The number of hydrogen-bond donors (Lipinski definition) is 2. The van der Waals surface area contributed by atoms with Crippen LogP contribution >= 0.6 is 23.1 Å². The first-order chi connectivity index (χ1) is 13.4. The molecule has 3 aromatic rings. The lowest BCUT2D eigenvalue weighted by atomic mass is 10.1. The number of carbonyl (C=O) groups excluding carboxylic acids is 2. The maximum absolute atomic E-state index is 12.3. The van der Waals surface area contributed by atoms with E-state index in [1.54, 1.807) is 6.07 Å². The van der Waals surface area contributed by atoms with Gasteiger partial charge in [0.1, 0.15) is 0 Å². The molecular weight excluding hydrogens is 392 g/mol. The Bertz CT molecular complexity index is 997. The van der Waals surface area contributed by atoms with Crippen molar-refractivity contribution in [2.24, 2.45) is 0 Å². The number of nitrogens with zero attached hydrogens (tertiary/aromatic N) is 2. The highest BCUT2D eigenvalue weighted by Crippen LogP contribution is 2.26. The van der Waals surface area contributed by atoms with Crippen molar-refractivity contribution in [2.45, 2.75) is 25.1 Å². The zero-order valence-corrected chi connectivity index (χ0v) is 17.4. The average Bonchev–Trinajstić information content (AvgIpc) is 3.06. The fourth-order valence-electron chi connectivity index (χ4n) is 2.65. The molecule has 0 radical (unpaired) electrons. The van der Waals surface area contributed by atoms with Crippen molar-refractivity contribution >= 4 is 45.7 Å². The van der Waals surface area contributed by atoms with Crippen LogP contribution < -0.4 is 10.6 Å². The topological polar surface area (TPSA) is 84.0 Å². The molecule has 0 fully saturated rings. The predicted molar refractivity (Wildman–Crippen MR) is 114 cm³/mol. The third-order valence-corrected chi connectivity index (χ3v) is 5.71. The van der Waals surface area contributed by atoms with Crippen molar-refractivity contribution in [3.8, 4) is 0 Å². The fraction of sp³-hybridized carbons (Fsp3) is 0.200.